The lowest BCUT2D eigenvalue weighted by Crippen LogP contribution is -2.34. The maximum Gasteiger partial charge on any atom is 0.369 e. The number of amides is 1. The van der Waals surface area contributed by atoms with Crippen LogP contribution >= 0.6 is 11.6 Å². The number of hydrogen-bond acceptors (Lipinski definition) is 6. The zero-order valence-electron chi connectivity index (χ0n) is 17.4. The number of aromatic nitrogens is 4. The highest BCUT2D eigenvalue weighted by molar-refractivity contribution is 6.32. The molecule has 0 aliphatic rings. The molecular formula is C21H24ClN5O4. The van der Waals surface area contributed by atoms with Gasteiger partial charge in [-0.15, -0.1) is 0 Å². The maximum absolute atomic E-state index is 12.5. The second-order valence-electron chi connectivity index (χ2n) is 6.53. The molecule has 1 N–H and O–H groups in total. The van der Waals surface area contributed by atoms with Gasteiger partial charge in [0.05, 0.1) is 23.9 Å². The Morgan fingerprint density at radius 1 is 1.06 bits per heavy atom. The van der Waals surface area contributed by atoms with Crippen molar-refractivity contribution in [1.29, 1.82) is 0 Å². The van der Waals surface area contributed by atoms with Crippen LogP contribution in [-0.2, 0) is 17.8 Å². The zero-order chi connectivity index (χ0) is 22.2. The molecule has 3 rings (SSSR count). The fourth-order valence-corrected chi connectivity index (χ4v) is 3.15. The Morgan fingerprint density at radius 2 is 1.81 bits per heavy atom. The number of nitrogens with one attached hydrogen (secondary N) is 1. The molecule has 2 aromatic carbocycles. The minimum atomic E-state index is -0.545. The largest absolute Gasteiger partial charge is 0.490 e. The number of para-hydroxylation sites is 1. The third-order valence-electron chi connectivity index (χ3n) is 4.36. The van der Waals surface area contributed by atoms with E-state index in [9.17, 15) is 9.59 Å². The number of ether oxygens (including phenoxy) is 2. The van der Waals surface area contributed by atoms with Crippen LogP contribution < -0.4 is 20.5 Å². The van der Waals surface area contributed by atoms with Crippen molar-refractivity contribution in [1.82, 2.24) is 25.1 Å². The van der Waals surface area contributed by atoms with Crippen molar-refractivity contribution < 1.29 is 14.3 Å². The molecule has 1 heterocycles. The molecule has 0 radical (unpaired) electrons. The average Bonchev–Trinajstić information content (AvgIpc) is 3.10. The molecule has 0 aliphatic heterocycles. The first-order valence-electron chi connectivity index (χ1n) is 9.96. The van der Waals surface area contributed by atoms with Gasteiger partial charge in [-0.1, -0.05) is 29.8 Å². The van der Waals surface area contributed by atoms with Crippen LogP contribution in [0.3, 0.4) is 0 Å². The fraction of sp³-hybridized carbons (Fsp3) is 0.333. The molecule has 0 unspecified atom stereocenters. The van der Waals surface area contributed by atoms with Crippen molar-refractivity contribution in [3.8, 4) is 17.2 Å². The van der Waals surface area contributed by atoms with Gasteiger partial charge >= 0.3 is 5.69 Å². The molecule has 0 fully saturated rings. The molecule has 0 saturated carbocycles. The van der Waals surface area contributed by atoms with Crippen LogP contribution in [0.1, 0.15) is 19.4 Å². The Hall–Kier alpha value is -3.33. The average molecular weight is 446 g/mol. The predicted molar refractivity (Wildman–Crippen MR) is 116 cm³/mol. The first-order chi connectivity index (χ1) is 15.0. The van der Waals surface area contributed by atoms with Gasteiger partial charge in [0.2, 0.25) is 5.91 Å². The van der Waals surface area contributed by atoms with Gasteiger partial charge in [0.15, 0.2) is 11.5 Å². The number of tetrazole rings is 1. The normalized spacial score (nSPS) is 10.7. The van der Waals surface area contributed by atoms with Crippen LogP contribution in [0.25, 0.3) is 5.69 Å². The SMILES string of the molecule is CCOc1ccc(CCNC(=O)Cn2nnn(-c3ccccc3Cl)c2=O)cc1OCC. The minimum absolute atomic E-state index is 0.239. The molecule has 31 heavy (non-hydrogen) atoms. The van der Waals surface area contributed by atoms with E-state index in [4.69, 9.17) is 21.1 Å². The first kappa shape index (κ1) is 22.4. The highest BCUT2D eigenvalue weighted by atomic mass is 35.5. The van der Waals surface area contributed by atoms with Gasteiger partial charge in [0.1, 0.15) is 6.54 Å². The van der Waals surface area contributed by atoms with E-state index in [1.807, 2.05) is 32.0 Å². The summed E-state index contributed by atoms with van der Waals surface area (Å²) < 4.78 is 13.2. The summed E-state index contributed by atoms with van der Waals surface area (Å²) in [6, 6.07) is 12.5. The topological polar surface area (TPSA) is 100 Å². The van der Waals surface area contributed by atoms with Crippen LogP contribution in [0.2, 0.25) is 5.02 Å². The Morgan fingerprint density at radius 3 is 2.55 bits per heavy atom. The number of nitrogens with zero attached hydrogens (tertiary/aromatic N) is 4. The molecule has 0 atom stereocenters. The summed E-state index contributed by atoms with van der Waals surface area (Å²) in [5.41, 5.74) is 0.853. The third-order valence-corrected chi connectivity index (χ3v) is 4.68. The van der Waals surface area contributed by atoms with E-state index in [-0.39, 0.29) is 12.5 Å². The molecule has 0 spiro atoms. The van der Waals surface area contributed by atoms with E-state index in [0.717, 1.165) is 14.9 Å². The van der Waals surface area contributed by atoms with Gasteiger partial charge in [-0.3, -0.25) is 4.79 Å². The van der Waals surface area contributed by atoms with Crippen molar-refractivity contribution in [3.05, 3.63) is 63.5 Å². The molecule has 164 valence electrons. The maximum atomic E-state index is 12.5. The molecule has 0 aliphatic carbocycles. The van der Waals surface area contributed by atoms with Crippen LogP contribution in [-0.4, -0.2) is 45.5 Å². The molecule has 0 saturated heterocycles. The van der Waals surface area contributed by atoms with Crippen molar-refractivity contribution in [2.75, 3.05) is 19.8 Å². The van der Waals surface area contributed by atoms with Crippen LogP contribution in [0.4, 0.5) is 0 Å². The van der Waals surface area contributed by atoms with Crippen molar-refractivity contribution in [3.63, 3.8) is 0 Å². The summed E-state index contributed by atoms with van der Waals surface area (Å²) in [6.45, 7) is 5.06. The van der Waals surface area contributed by atoms with E-state index in [1.54, 1.807) is 24.3 Å². The number of halogens is 1. The summed E-state index contributed by atoms with van der Waals surface area (Å²) in [5, 5.41) is 10.7. The number of hydrogen-bond donors (Lipinski definition) is 1. The van der Waals surface area contributed by atoms with E-state index in [0.29, 0.717) is 48.4 Å². The highest BCUT2D eigenvalue weighted by Gasteiger charge is 2.14. The van der Waals surface area contributed by atoms with Crippen LogP contribution in [0.15, 0.2) is 47.3 Å². The number of benzene rings is 2. The molecule has 1 aromatic heterocycles. The Labute approximate surface area is 184 Å². The summed E-state index contributed by atoms with van der Waals surface area (Å²) >= 11 is 6.10. The Bertz CT molecular complexity index is 1100. The van der Waals surface area contributed by atoms with Gasteiger partial charge in [-0.2, -0.15) is 9.36 Å². The number of rotatable bonds is 10. The summed E-state index contributed by atoms with van der Waals surface area (Å²) in [6.07, 6.45) is 0.597. The second-order valence-corrected chi connectivity index (χ2v) is 6.94. The Kier molecular flexibility index (Phi) is 7.66. The van der Waals surface area contributed by atoms with Crippen molar-refractivity contribution in [2.45, 2.75) is 26.8 Å². The van der Waals surface area contributed by atoms with Gasteiger partial charge in [0, 0.05) is 6.54 Å². The van der Waals surface area contributed by atoms with Gasteiger partial charge in [-0.05, 0) is 60.5 Å². The molecule has 9 nitrogen and oxygen atoms in total. The molecule has 3 aromatic rings. The van der Waals surface area contributed by atoms with E-state index >= 15 is 0 Å². The third kappa shape index (κ3) is 5.64. The van der Waals surface area contributed by atoms with Crippen molar-refractivity contribution >= 4 is 17.5 Å². The lowest BCUT2D eigenvalue weighted by atomic mass is 10.1. The second kappa shape index (κ2) is 10.6. The summed E-state index contributed by atoms with van der Waals surface area (Å²) in [5.74, 6) is 1.03. The monoisotopic (exact) mass is 445 g/mol. The summed E-state index contributed by atoms with van der Waals surface area (Å²) in [7, 11) is 0. The quantitative estimate of drug-likeness (QED) is 0.513. The zero-order valence-corrected chi connectivity index (χ0v) is 18.1. The highest BCUT2D eigenvalue weighted by Crippen LogP contribution is 2.28. The first-order valence-corrected chi connectivity index (χ1v) is 10.3. The smallest absolute Gasteiger partial charge is 0.369 e. The lowest BCUT2D eigenvalue weighted by Gasteiger charge is -2.12. The van der Waals surface area contributed by atoms with Crippen LogP contribution in [0, 0.1) is 0 Å². The van der Waals surface area contributed by atoms with E-state index < -0.39 is 5.69 Å². The summed E-state index contributed by atoms with van der Waals surface area (Å²) in [4.78, 5) is 24.7. The lowest BCUT2D eigenvalue weighted by molar-refractivity contribution is -0.121. The molecular weight excluding hydrogens is 422 g/mol. The van der Waals surface area contributed by atoms with Gasteiger partial charge in [-0.25, -0.2) is 4.79 Å². The van der Waals surface area contributed by atoms with Gasteiger partial charge in [0.25, 0.3) is 0 Å². The predicted octanol–water partition coefficient (Wildman–Crippen LogP) is 2.24. The van der Waals surface area contributed by atoms with E-state index in [1.165, 1.54) is 0 Å². The van der Waals surface area contributed by atoms with E-state index in [2.05, 4.69) is 15.7 Å². The van der Waals surface area contributed by atoms with Crippen molar-refractivity contribution in [2.24, 2.45) is 0 Å². The fourth-order valence-electron chi connectivity index (χ4n) is 2.94. The minimum Gasteiger partial charge on any atom is -0.490 e. The molecule has 1 amide bonds. The number of carbonyl (C=O) groups is 1. The Balaban J connectivity index is 1.57. The molecule has 10 heteroatoms. The van der Waals surface area contributed by atoms with Crippen LogP contribution in [0.5, 0.6) is 11.5 Å². The molecule has 0 bridgehead atoms. The van der Waals surface area contributed by atoms with Gasteiger partial charge < -0.3 is 14.8 Å². The standard InChI is InChI=1S/C21H24ClN5O4/c1-3-30-18-10-9-15(13-19(18)31-4-2)11-12-23-20(28)14-26-21(29)27(25-24-26)17-8-6-5-7-16(17)22/h5-10,13H,3-4,11-12,14H2,1-2H3,(H,23,28). The number of carbonyl (C=O) groups excluding carboxylic acids is 1.